The van der Waals surface area contributed by atoms with Crippen molar-refractivity contribution < 1.29 is 9.21 Å². The summed E-state index contributed by atoms with van der Waals surface area (Å²) in [5, 5.41) is 6.89. The first-order valence-electron chi connectivity index (χ1n) is 8.74. The van der Waals surface area contributed by atoms with Crippen LogP contribution in [0.25, 0.3) is 17.4 Å². The van der Waals surface area contributed by atoms with E-state index in [4.69, 9.17) is 39.8 Å². The second-order valence-corrected chi connectivity index (χ2v) is 7.67. The molecule has 0 aliphatic heterocycles. The van der Waals surface area contributed by atoms with E-state index in [2.05, 4.69) is 10.6 Å². The Bertz CT molecular complexity index is 1110. The number of amides is 1. The number of benzene rings is 2. The summed E-state index contributed by atoms with van der Waals surface area (Å²) < 4.78 is 5.73. The van der Waals surface area contributed by atoms with Crippen LogP contribution in [0.5, 0.6) is 0 Å². The smallest absolute Gasteiger partial charge is 0.250 e. The van der Waals surface area contributed by atoms with Crippen LogP contribution in [0.15, 0.2) is 59.0 Å². The highest BCUT2D eigenvalue weighted by molar-refractivity contribution is 7.80. The van der Waals surface area contributed by atoms with Crippen LogP contribution in [-0.4, -0.2) is 11.0 Å². The van der Waals surface area contributed by atoms with Crippen LogP contribution in [-0.2, 0) is 4.79 Å². The van der Waals surface area contributed by atoms with Crippen molar-refractivity contribution in [1.82, 2.24) is 5.32 Å². The summed E-state index contributed by atoms with van der Waals surface area (Å²) in [5.74, 6) is 0.725. The number of rotatable bonds is 4. The lowest BCUT2D eigenvalue weighted by molar-refractivity contribution is -0.115. The maximum absolute atomic E-state index is 12.1. The minimum atomic E-state index is -0.366. The minimum Gasteiger partial charge on any atom is -0.457 e. The third-order valence-electron chi connectivity index (χ3n) is 4.09. The predicted octanol–water partition coefficient (Wildman–Crippen LogP) is 6.40. The van der Waals surface area contributed by atoms with E-state index in [0.717, 1.165) is 22.4 Å². The molecule has 2 N–H and O–H groups in total. The van der Waals surface area contributed by atoms with Crippen molar-refractivity contribution in [3.63, 3.8) is 0 Å². The molecule has 0 spiro atoms. The summed E-state index contributed by atoms with van der Waals surface area (Å²) in [5.41, 5.74) is 3.77. The molecule has 0 saturated heterocycles. The Balaban J connectivity index is 1.60. The van der Waals surface area contributed by atoms with Crippen molar-refractivity contribution in [2.24, 2.45) is 0 Å². The monoisotopic (exact) mass is 444 g/mol. The van der Waals surface area contributed by atoms with Gasteiger partial charge in [-0.2, -0.15) is 0 Å². The van der Waals surface area contributed by atoms with Crippen molar-refractivity contribution in [3.05, 3.63) is 81.5 Å². The van der Waals surface area contributed by atoms with Crippen LogP contribution >= 0.6 is 35.4 Å². The van der Waals surface area contributed by atoms with E-state index in [0.29, 0.717) is 21.6 Å². The van der Waals surface area contributed by atoms with E-state index >= 15 is 0 Å². The number of carbonyl (C=O) groups excluding carboxylic acids is 1. The zero-order valence-corrected chi connectivity index (χ0v) is 18.1. The Morgan fingerprint density at radius 2 is 1.86 bits per heavy atom. The van der Waals surface area contributed by atoms with Gasteiger partial charge in [0.15, 0.2) is 5.11 Å². The number of thiocarbonyl (C=S) groups is 1. The van der Waals surface area contributed by atoms with E-state index in [1.54, 1.807) is 36.4 Å². The van der Waals surface area contributed by atoms with E-state index in [9.17, 15) is 4.79 Å². The molecular weight excluding hydrogens is 427 g/mol. The molecule has 1 aromatic heterocycles. The van der Waals surface area contributed by atoms with E-state index in [-0.39, 0.29) is 11.0 Å². The molecule has 1 amide bonds. The molecular formula is C22H18Cl2N2O2S. The van der Waals surface area contributed by atoms with Gasteiger partial charge in [-0.25, -0.2) is 0 Å². The number of hydrogen-bond acceptors (Lipinski definition) is 3. The molecule has 0 atom stereocenters. The third-order valence-corrected chi connectivity index (χ3v) is 4.84. The van der Waals surface area contributed by atoms with Gasteiger partial charge in [-0.3, -0.25) is 10.1 Å². The van der Waals surface area contributed by atoms with Crippen molar-refractivity contribution >= 4 is 58.2 Å². The van der Waals surface area contributed by atoms with Crippen LogP contribution in [0.1, 0.15) is 16.9 Å². The summed E-state index contributed by atoms with van der Waals surface area (Å²) in [7, 11) is 0. The number of carbonyl (C=O) groups is 1. The van der Waals surface area contributed by atoms with Crippen LogP contribution in [0.2, 0.25) is 10.0 Å². The Morgan fingerprint density at radius 3 is 2.59 bits per heavy atom. The van der Waals surface area contributed by atoms with Gasteiger partial charge in [0.05, 0.1) is 5.02 Å². The van der Waals surface area contributed by atoms with E-state index < -0.39 is 0 Å². The zero-order valence-electron chi connectivity index (χ0n) is 15.8. The average Bonchev–Trinajstić information content (AvgIpc) is 3.11. The first-order valence-corrected chi connectivity index (χ1v) is 9.91. The average molecular weight is 445 g/mol. The molecule has 1 heterocycles. The molecule has 29 heavy (non-hydrogen) atoms. The number of nitrogens with one attached hydrogen (secondary N) is 2. The van der Waals surface area contributed by atoms with Gasteiger partial charge in [-0.05, 0) is 74.1 Å². The topological polar surface area (TPSA) is 54.3 Å². The first kappa shape index (κ1) is 21.1. The zero-order chi connectivity index (χ0) is 21.0. The van der Waals surface area contributed by atoms with Gasteiger partial charge < -0.3 is 9.73 Å². The summed E-state index contributed by atoms with van der Waals surface area (Å²) in [6.07, 6.45) is 2.91. The third kappa shape index (κ3) is 5.70. The van der Waals surface area contributed by atoms with Gasteiger partial charge in [0.25, 0.3) is 0 Å². The maximum atomic E-state index is 12.1. The van der Waals surface area contributed by atoms with Crippen molar-refractivity contribution in [2.45, 2.75) is 13.8 Å². The molecule has 4 nitrogen and oxygen atoms in total. The lowest BCUT2D eigenvalue weighted by Crippen LogP contribution is -2.33. The standard InChI is InChI=1S/C22H18Cl2N2O2S/c1-13-3-8-19(14(2)11-13)25-22(29)26-21(27)10-6-16-5-9-20(28-16)17-7-4-15(23)12-18(17)24/h3-12H,1-2H3,(H2,25,26,27,29)/b10-6+. The molecule has 3 rings (SSSR count). The number of hydrogen-bond donors (Lipinski definition) is 2. The maximum Gasteiger partial charge on any atom is 0.250 e. The van der Waals surface area contributed by atoms with Crippen LogP contribution in [0.4, 0.5) is 5.69 Å². The Labute approximate surface area is 184 Å². The van der Waals surface area contributed by atoms with E-state index in [1.165, 1.54) is 6.08 Å². The van der Waals surface area contributed by atoms with Crippen LogP contribution in [0.3, 0.4) is 0 Å². The van der Waals surface area contributed by atoms with Crippen LogP contribution < -0.4 is 10.6 Å². The van der Waals surface area contributed by atoms with Gasteiger partial charge in [0, 0.05) is 22.3 Å². The summed E-state index contributed by atoms with van der Waals surface area (Å²) in [4.78, 5) is 12.1. The molecule has 2 aromatic carbocycles. The minimum absolute atomic E-state index is 0.222. The highest BCUT2D eigenvalue weighted by Gasteiger charge is 2.09. The van der Waals surface area contributed by atoms with Gasteiger partial charge >= 0.3 is 0 Å². The van der Waals surface area contributed by atoms with E-state index in [1.807, 2.05) is 32.0 Å². The molecule has 0 bridgehead atoms. The lowest BCUT2D eigenvalue weighted by Gasteiger charge is -2.11. The van der Waals surface area contributed by atoms with Crippen molar-refractivity contribution in [2.75, 3.05) is 5.32 Å². The molecule has 3 aromatic rings. The normalized spacial score (nSPS) is 10.9. The quantitative estimate of drug-likeness (QED) is 0.361. The molecule has 0 radical (unpaired) electrons. The second-order valence-electron chi connectivity index (χ2n) is 6.42. The molecule has 0 aliphatic carbocycles. The first-order chi connectivity index (χ1) is 13.8. The molecule has 0 unspecified atom stereocenters. The van der Waals surface area contributed by atoms with Gasteiger partial charge in [0.2, 0.25) is 5.91 Å². The number of furan rings is 1. The lowest BCUT2D eigenvalue weighted by atomic mass is 10.1. The molecule has 0 saturated carbocycles. The molecule has 0 aliphatic rings. The molecule has 148 valence electrons. The van der Waals surface area contributed by atoms with Crippen molar-refractivity contribution in [3.8, 4) is 11.3 Å². The Morgan fingerprint density at radius 1 is 1.07 bits per heavy atom. The fraction of sp³-hybridized carbons (Fsp3) is 0.0909. The van der Waals surface area contributed by atoms with Gasteiger partial charge in [-0.15, -0.1) is 0 Å². The summed E-state index contributed by atoms with van der Waals surface area (Å²) in [6.45, 7) is 3.99. The fourth-order valence-electron chi connectivity index (χ4n) is 2.70. The predicted molar refractivity (Wildman–Crippen MR) is 123 cm³/mol. The summed E-state index contributed by atoms with van der Waals surface area (Å²) >= 11 is 17.3. The number of aryl methyl sites for hydroxylation is 2. The summed E-state index contributed by atoms with van der Waals surface area (Å²) in [6, 6.07) is 14.6. The van der Waals surface area contributed by atoms with Gasteiger partial charge in [0.1, 0.15) is 11.5 Å². The Kier molecular flexibility index (Phi) is 6.75. The number of halogens is 2. The molecule has 7 heteroatoms. The van der Waals surface area contributed by atoms with Crippen molar-refractivity contribution in [1.29, 1.82) is 0 Å². The Hall–Kier alpha value is -2.60. The fourth-order valence-corrected chi connectivity index (χ4v) is 3.41. The van der Waals surface area contributed by atoms with Gasteiger partial charge in [-0.1, -0.05) is 40.9 Å². The highest BCUT2D eigenvalue weighted by atomic mass is 35.5. The number of anilines is 1. The SMILES string of the molecule is Cc1ccc(NC(=S)NC(=O)/C=C/c2ccc(-c3ccc(Cl)cc3Cl)o2)c(C)c1. The molecule has 0 fully saturated rings. The van der Waals surface area contributed by atoms with Crippen LogP contribution in [0, 0.1) is 13.8 Å². The largest absolute Gasteiger partial charge is 0.457 e. The highest BCUT2D eigenvalue weighted by Crippen LogP contribution is 2.31. The second kappa shape index (κ2) is 9.27.